The summed E-state index contributed by atoms with van der Waals surface area (Å²) >= 11 is 0. The maximum Gasteiger partial charge on any atom is 0.316 e. The van der Waals surface area contributed by atoms with Crippen LogP contribution in [0.1, 0.15) is 59.8 Å². The molecular weight excluding hydrogens is 396 g/mol. The van der Waals surface area contributed by atoms with Crippen LogP contribution in [0.25, 0.3) is 0 Å². The van der Waals surface area contributed by atoms with E-state index in [4.69, 9.17) is 4.74 Å². The van der Waals surface area contributed by atoms with Crippen molar-refractivity contribution in [3.05, 3.63) is 40.7 Å². The number of carbonyl (C=O) groups is 1. The zero-order chi connectivity index (χ0) is 22.0. The number of hydrogen-bond acceptors (Lipinski definition) is 7. The predicted molar refractivity (Wildman–Crippen MR) is 116 cm³/mol. The summed E-state index contributed by atoms with van der Waals surface area (Å²) in [6, 6.07) is 3.21. The molecule has 2 N–H and O–H groups in total. The second-order valence-electron chi connectivity index (χ2n) is 8.58. The van der Waals surface area contributed by atoms with Gasteiger partial charge in [-0.2, -0.15) is 4.98 Å². The van der Waals surface area contributed by atoms with Gasteiger partial charge in [0.2, 0.25) is 0 Å². The number of ether oxygens (including phenoxy) is 1. The van der Waals surface area contributed by atoms with Crippen molar-refractivity contribution in [2.45, 2.75) is 45.6 Å². The van der Waals surface area contributed by atoms with Crippen LogP contribution >= 0.6 is 0 Å². The molecule has 8 heteroatoms. The number of phenols is 2. The fourth-order valence-corrected chi connectivity index (χ4v) is 4.21. The monoisotopic (exact) mass is 426 g/mol. The summed E-state index contributed by atoms with van der Waals surface area (Å²) in [5, 5.41) is 20.3. The van der Waals surface area contributed by atoms with E-state index in [1.54, 1.807) is 17.2 Å². The maximum atomic E-state index is 13.1. The van der Waals surface area contributed by atoms with Gasteiger partial charge in [-0.15, -0.1) is 0 Å². The van der Waals surface area contributed by atoms with Gasteiger partial charge in [-0.05, 0) is 43.5 Å². The van der Waals surface area contributed by atoms with E-state index in [2.05, 4.69) is 14.9 Å². The van der Waals surface area contributed by atoms with Gasteiger partial charge in [0, 0.05) is 43.9 Å². The molecule has 2 aliphatic rings. The second kappa shape index (κ2) is 9.09. The molecule has 0 bridgehead atoms. The fourth-order valence-electron chi connectivity index (χ4n) is 4.21. The number of fused-ring (bicyclic) bond motifs is 1. The van der Waals surface area contributed by atoms with Crippen LogP contribution in [0.15, 0.2) is 18.3 Å². The topological polar surface area (TPSA) is 99.0 Å². The average Bonchev–Trinajstić information content (AvgIpc) is 3.26. The summed E-state index contributed by atoms with van der Waals surface area (Å²) in [7, 11) is 0. The first-order chi connectivity index (χ1) is 14.9. The Morgan fingerprint density at radius 2 is 1.94 bits per heavy atom. The quantitative estimate of drug-likeness (QED) is 0.733. The van der Waals surface area contributed by atoms with Crippen LogP contribution in [0.5, 0.6) is 17.5 Å². The number of amides is 1. The summed E-state index contributed by atoms with van der Waals surface area (Å²) in [5.41, 5.74) is 2.62. The van der Waals surface area contributed by atoms with E-state index in [0.717, 1.165) is 30.9 Å². The fraction of sp³-hybridized carbons (Fsp3) is 0.522. The minimum Gasteiger partial charge on any atom is -0.508 e. The lowest BCUT2D eigenvalue weighted by Gasteiger charge is -2.28. The molecule has 1 aromatic carbocycles. The molecule has 0 unspecified atom stereocenters. The summed E-state index contributed by atoms with van der Waals surface area (Å²) in [6.07, 6.45) is 4.84. The normalized spacial score (nSPS) is 16.5. The van der Waals surface area contributed by atoms with Gasteiger partial charge in [0.15, 0.2) is 0 Å². The average molecular weight is 427 g/mol. The van der Waals surface area contributed by atoms with Crippen molar-refractivity contribution in [2.24, 2.45) is 0 Å². The molecular formula is C23H30N4O4. The number of carbonyl (C=O) groups excluding carboxylic acids is 1. The molecule has 2 aliphatic heterocycles. The predicted octanol–water partition coefficient (Wildman–Crippen LogP) is 2.68. The van der Waals surface area contributed by atoms with E-state index < -0.39 is 0 Å². The minimum atomic E-state index is -0.268. The van der Waals surface area contributed by atoms with Gasteiger partial charge in [-0.25, -0.2) is 4.98 Å². The third-order valence-corrected chi connectivity index (χ3v) is 6.03. The van der Waals surface area contributed by atoms with Crippen molar-refractivity contribution in [1.29, 1.82) is 0 Å². The summed E-state index contributed by atoms with van der Waals surface area (Å²) in [5.74, 6) is -0.447. The van der Waals surface area contributed by atoms with Crippen molar-refractivity contribution >= 4 is 5.91 Å². The van der Waals surface area contributed by atoms with E-state index in [0.29, 0.717) is 37.7 Å². The molecule has 3 heterocycles. The van der Waals surface area contributed by atoms with Crippen LogP contribution in [-0.2, 0) is 13.0 Å². The third-order valence-electron chi connectivity index (χ3n) is 6.03. The molecule has 0 saturated carbocycles. The molecule has 8 nitrogen and oxygen atoms in total. The molecule has 2 aromatic rings. The molecule has 0 aliphatic carbocycles. The highest BCUT2D eigenvalue weighted by atomic mass is 16.5. The van der Waals surface area contributed by atoms with E-state index in [9.17, 15) is 15.0 Å². The van der Waals surface area contributed by atoms with Crippen LogP contribution in [0, 0.1) is 0 Å². The molecule has 4 rings (SSSR count). The van der Waals surface area contributed by atoms with Crippen molar-refractivity contribution in [2.75, 3.05) is 32.8 Å². The van der Waals surface area contributed by atoms with Gasteiger partial charge >= 0.3 is 6.01 Å². The van der Waals surface area contributed by atoms with Gasteiger partial charge in [0.05, 0.1) is 11.3 Å². The molecule has 166 valence electrons. The smallest absolute Gasteiger partial charge is 0.316 e. The number of benzene rings is 1. The standard InChI is InChI=1S/C23H30N4O4/c1-15(2)17-11-18(21(29)12-20(17)28)22(30)27-8-5-19-16(14-27)13-24-23(25-19)31-10-9-26-6-3-4-7-26/h11-13,15,28-29H,3-10,14H2,1-2H3. The van der Waals surface area contributed by atoms with E-state index >= 15 is 0 Å². The molecule has 31 heavy (non-hydrogen) atoms. The zero-order valence-corrected chi connectivity index (χ0v) is 18.2. The van der Waals surface area contributed by atoms with Gasteiger partial charge in [0.1, 0.15) is 18.1 Å². The minimum absolute atomic E-state index is 0.00120. The summed E-state index contributed by atoms with van der Waals surface area (Å²) < 4.78 is 5.74. The highest BCUT2D eigenvalue weighted by Crippen LogP contribution is 2.33. The van der Waals surface area contributed by atoms with E-state index in [1.807, 2.05) is 13.8 Å². The van der Waals surface area contributed by atoms with Crippen LogP contribution < -0.4 is 4.74 Å². The lowest BCUT2D eigenvalue weighted by molar-refractivity contribution is 0.0729. The van der Waals surface area contributed by atoms with Crippen LogP contribution in [0.2, 0.25) is 0 Å². The van der Waals surface area contributed by atoms with Crippen molar-refractivity contribution in [3.63, 3.8) is 0 Å². The maximum absolute atomic E-state index is 13.1. The largest absolute Gasteiger partial charge is 0.508 e. The summed E-state index contributed by atoms with van der Waals surface area (Å²) in [4.78, 5) is 26.0. The molecule has 1 aromatic heterocycles. The molecule has 0 spiro atoms. The van der Waals surface area contributed by atoms with Crippen LogP contribution in [-0.4, -0.2) is 68.7 Å². The third kappa shape index (κ3) is 4.74. The Morgan fingerprint density at radius 3 is 2.68 bits per heavy atom. The number of rotatable bonds is 6. The van der Waals surface area contributed by atoms with Gasteiger partial charge in [0.25, 0.3) is 5.91 Å². The molecule has 1 saturated heterocycles. The zero-order valence-electron chi connectivity index (χ0n) is 18.2. The lowest BCUT2D eigenvalue weighted by Crippen LogP contribution is -2.36. The van der Waals surface area contributed by atoms with Gasteiger partial charge < -0.3 is 19.8 Å². The Labute approximate surface area is 182 Å². The van der Waals surface area contributed by atoms with E-state index in [-0.39, 0.29) is 28.9 Å². The number of aromatic nitrogens is 2. The van der Waals surface area contributed by atoms with Crippen molar-refractivity contribution < 1.29 is 19.7 Å². The molecule has 0 radical (unpaired) electrons. The summed E-state index contributed by atoms with van der Waals surface area (Å²) in [6.45, 7) is 8.45. The molecule has 1 fully saturated rings. The number of likely N-dealkylation sites (tertiary alicyclic amines) is 1. The lowest BCUT2D eigenvalue weighted by atomic mass is 9.97. The SMILES string of the molecule is CC(C)c1cc(C(=O)N2CCc3nc(OCCN4CCCC4)ncc3C2)c(O)cc1O. The molecule has 0 atom stereocenters. The Morgan fingerprint density at radius 1 is 1.16 bits per heavy atom. The first-order valence-electron chi connectivity index (χ1n) is 11.0. The second-order valence-corrected chi connectivity index (χ2v) is 8.58. The van der Waals surface area contributed by atoms with Crippen molar-refractivity contribution in [3.8, 4) is 17.5 Å². The van der Waals surface area contributed by atoms with Crippen molar-refractivity contribution in [1.82, 2.24) is 19.8 Å². The van der Waals surface area contributed by atoms with Gasteiger partial charge in [-0.1, -0.05) is 13.8 Å². The van der Waals surface area contributed by atoms with Gasteiger partial charge in [-0.3, -0.25) is 9.69 Å². The number of aromatic hydroxyl groups is 2. The van der Waals surface area contributed by atoms with E-state index in [1.165, 1.54) is 18.9 Å². The number of phenolic OH excluding ortho intramolecular Hbond substituents is 2. The highest BCUT2D eigenvalue weighted by Gasteiger charge is 2.26. The first-order valence-corrected chi connectivity index (χ1v) is 11.0. The number of hydrogen-bond donors (Lipinski definition) is 2. The Kier molecular flexibility index (Phi) is 6.27. The Balaban J connectivity index is 1.42. The first kappa shape index (κ1) is 21.4. The number of nitrogens with zero attached hydrogens (tertiary/aromatic N) is 4. The van der Waals surface area contributed by atoms with Crippen LogP contribution in [0.4, 0.5) is 0 Å². The molecule has 1 amide bonds. The Bertz CT molecular complexity index is 957. The highest BCUT2D eigenvalue weighted by molar-refractivity contribution is 5.97. The van der Waals surface area contributed by atoms with Crippen LogP contribution in [0.3, 0.4) is 0 Å². The Hall–Kier alpha value is -2.87.